The van der Waals surface area contributed by atoms with Crippen molar-refractivity contribution >= 4 is 0 Å². The SMILES string of the molecule is CCOc1ccc(CNCC2(C#N)COC2)cc1F. The largest absolute Gasteiger partial charge is 0.491 e. The summed E-state index contributed by atoms with van der Waals surface area (Å²) in [5, 5.41) is 12.2. The second kappa shape index (κ2) is 6.00. The summed E-state index contributed by atoms with van der Waals surface area (Å²) in [6, 6.07) is 7.15. The summed E-state index contributed by atoms with van der Waals surface area (Å²) >= 11 is 0. The van der Waals surface area contributed by atoms with Crippen molar-refractivity contribution in [3.63, 3.8) is 0 Å². The van der Waals surface area contributed by atoms with Crippen LogP contribution in [0.3, 0.4) is 0 Å². The molecule has 0 saturated carbocycles. The fourth-order valence-corrected chi connectivity index (χ4v) is 1.93. The van der Waals surface area contributed by atoms with Gasteiger partial charge in [-0.1, -0.05) is 6.07 Å². The lowest BCUT2D eigenvalue weighted by Gasteiger charge is -2.35. The molecule has 2 rings (SSSR count). The van der Waals surface area contributed by atoms with Crippen LogP contribution in [0.4, 0.5) is 4.39 Å². The fraction of sp³-hybridized carbons (Fsp3) is 0.500. The standard InChI is InChI=1S/C14H17FN2O2/c1-2-19-13-4-3-11(5-12(13)15)6-17-8-14(7-16)9-18-10-14/h3-5,17H,2,6,8-10H2,1H3. The molecule has 4 nitrogen and oxygen atoms in total. The number of nitriles is 1. The molecular weight excluding hydrogens is 247 g/mol. The Hall–Kier alpha value is -1.64. The Bertz CT molecular complexity index is 481. The molecule has 1 N–H and O–H groups in total. The normalized spacial score (nSPS) is 16.5. The van der Waals surface area contributed by atoms with E-state index >= 15 is 0 Å². The molecule has 1 aromatic rings. The fourth-order valence-electron chi connectivity index (χ4n) is 1.93. The van der Waals surface area contributed by atoms with Crippen molar-refractivity contribution < 1.29 is 13.9 Å². The Labute approximate surface area is 112 Å². The number of rotatable bonds is 6. The maximum absolute atomic E-state index is 13.6. The van der Waals surface area contributed by atoms with Crippen LogP contribution < -0.4 is 10.1 Å². The highest BCUT2D eigenvalue weighted by Crippen LogP contribution is 2.25. The number of hydrogen-bond donors (Lipinski definition) is 1. The molecule has 102 valence electrons. The van der Waals surface area contributed by atoms with Gasteiger partial charge in [-0.25, -0.2) is 4.39 Å². The number of hydrogen-bond acceptors (Lipinski definition) is 4. The lowest BCUT2D eigenvalue weighted by molar-refractivity contribution is -0.0755. The number of nitrogens with one attached hydrogen (secondary N) is 1. The Morgan fingerprint density at radius 1 is 1.53 bits per heavy atom. The Balaban J connectivity index is 1.86. The summed E-state index contributed by atoms with van der Waals surface area (Å²) in [6.07, 6.45) is 0. The molecule has 1 aliphatic rings. The van der Waals surface area contributed by atoms with E-state index in [1.54, 1.807) is 6.07 Å². The van der Waals surface area contributed by atoms with E-state index < -0.39 is 5.41 Å². The van der Waals surface area contributed by atoms with E-state index in [2.05, 4.69) is 11.4 Å². The van der Waals surface area contributed by atoms with Crippen LogP contribution in [0, 0.1) is 22.6 Å². The Kier molecular flexibility index (Phi) is 4.35. The van der Waals surface area contributed by atoms with E-state index in [0.29, 0.717) is 32.9 Å². The van der Waals surface area contributed by atoms with Crippen LogP contribution in [0.25, 0.3) is 0 Å². The molecule has 0 radical (unpaired) electrons. The van der Waals surface area contributed by atoms with Crippen molar-refractivity contribution in [3.8, 4) is 11.8 Å². The average molecular weight is 264 g/mol. The van der Waals surface area contributed by atoms with E-state index in [0.717, 1.165) is 5.56 Å². The predicted octanol–water partition coefficient (Wildman–Crippen LogP) is 1.85. The van der Waals surface area contributed by atoms with Crippen LogP contribution >= 0.6 is 0 Å². The van der Waals surface area contributed by atoms with Gasteiger partial charge < -0.3 is 14.8 Å². The summed E-state index contributed by atoms with van der Waals surface area (Å²) < 4.78 is 23.8. The van der Waals surface area contributed by atoms with Crippen LogP contribution in [0.1, 0.15) is 12.5 Å². The van der Waals surface area contributed by atoms with Crippen LogP contribution in [-0.4, -0.2) is 26.4 Å². The van der Waals surface area contributed by atoms with Crippen LogP contribution in [0.2, 0.25) is 0 Å². The van der Waals surface area contributed by atoms with Gasteiger partial charge in [-0.15, -0.1) is 0 Å². The quantitative estimate of drug-likeness (QED) is 0.852. The minimum absolute atomic E-state index is 0.270. The Morgan fingerprint density at radius 3 is 2.84 bits per heavy atom. The zero-order valence-electron chi connectivity index (χ0n) is 10.9. The van der Waals surface area contributed by atoms with E-state index in [1.165, 1.54) is 6.07 Å². The van der Waals surface area contributed by atoms with Crippen molar-refractivity contribution in [2.45, 2.75) is 13.5 Å². The van der Waals surface area contributed by atoms with E-state index in [1.807, 2.05) is 13.0 Å². The molecule has 0 spiro atoms. The highest BCUT2D eigenvalue weighted by molar-refractivity contribution is 5.29. The van der Waals surface area contributed by atoms with Crippen molar-refractivity contribution in [1.82, 2.24) is 5.32 Å². The zero-order valence-corrected chi connectivity index (χ0v) is 10.9. The molecule has 0 aliphatic carbocycles. The van der Waals surface area contributed by atoms with Crippen molar-refractivity contribution in [1.29, 1.82) is 5.26 Å². The summed E-state index contributed by atoms with van der Waals surface area (Å²) in [5.41, 5.74) is 0.415. The number of nitrogens with zero attached hydrogens (tertiary/aromatic N) is 1. The van der Waals surface area contributed by atoms with Gasteiger partial charge in [-0.2, -0.15) is 5.26 Å². The van der Waals surface area contributed by atoms with Gasteiger partial charge >= 0.3 is 0 Å². The number of halogens is 1. The summed E-state index contributed by atoms with van der Waals surface area (Å²) in [7, 11) is 0. The monoisotopic (exact) mass is 264 g/mol. The molecule has 1 saturated heterocycles. The van der Waals surface area contributed by atoms with Crippen molar-refractivity contribution in [2.24, 2.45) is 5.41 Å². The predicted molar refractivity (Wildman–Crippen MR) is 68.1 cm³/mol. The molecule has 1 aromatic carbocycles. The number of ether oxygens (including phenoxy) is 2. The van der Waals surface area contributed by atoms with Gasteiger partial charge in [-0.05, 0) is 24.6 Å². The first-order valence-electron chi connectivity index (χ1n) is 6.30. The topological polar surface area (TPSA) is 54.3 Å². The van der Waals surface area contributed by atoms with Crippen LogP contribution in [0.15, 0.2) is 18.2 Å². The summed E-state index contributed by atoms with van der Waals surface area (Å²) in [6.45, 7) is 4.27. The Morgan fingerprint density at radius 2 is 2.32 bits per heavy atom. The van der Waals surface area contributed by atoms with Gasteiger partial charge in [0.25, 0.3) is 0 Å². The first-order chi connectivity index (χ1) is 9.19. The maximum atomic E-state index is 13.6. The van der Waals surface area contributed by atoms with Gasteiger partial charge in [0, 0.05) is 13.1 Å². The summed E-state index contributed by atoms with van der Waals surface area (Å²) in [5.74, 6) is -0.0877. The molecule has 0 aromatic heterocycles. The lowest BCUT2D eigenvalue weighted by atomic mass is 9.88. The van der Waals surface area contributed by atoms with Crippen LogP contribution in [-0.2, 0) is 11.3 Å². The average Bonchev–Trinajstić information content (AvgIpc) is 2.36. The minimum Gasteiger partial charge on any atom is -0.491 e. The lowest BCUT2D eigenvalue weighted by Crippen LogP contribution is -2.48. The van der Waals surface area contributed by atoms with Gasteiger partial charge in [0.2, 0.25) is 0 Å². The highest BCUT2D eigenvalue weighted by Gasteiger charge is 2.38. The zero-order chi connectivity index (χ0) is 13.7. The second-order valence-electron chi connectivity index (χ2n) is 4.69. The molecule has 19 heavy (non-hydrogen) atoms. The third kappa shape index (κ3) is 3.22. The molecule has 0 amide bonds. The van der Waals surface area contributed by atoms with Gasteiger partial charge in [0.15, 0.2) is 11.6 Å². The van der Waals surface area contributed by atoms with E-state index in [9.17, 15) is 4.39 Å². The van der Waals surface area contributed by atoms with Gasteiger partial charge in [0.1, 0.15) is 5.41 Å². The summed E-state index contributed by atoms with van der Waals surface area (Å²) in [4.78, 5) is 0. The van der Waals surface area contributed by atoms with Crippen LogP contribution in [0.5, 0.6) is 5.75 Å². The minimum atomic E-state index is -0.413. The first-order valence-corrected chi connectivity index (χ1v) is 6.30. The molecule has 5 heteroatoms. The third-order valence-electron chi connectivity index (χ3n) is 3.08. The van der Waals surface area contributed by atoms with E-state index in [4.69, 9.17) is 14.7 Å². The first kappa shape index (κ1) is 13.8. The maximum Gasteiger partial charge on any atom is 0.165 e. The van der Waals surface area contributed by atoms with Crippen molar-refractivity contribution in [2.75, 3.05) is 26.4 Å². The number of benzene rings is 1. The molecule has 0 atom stereocenters. The third-order valence-corrected chi connectivity index (χ3v) is 3.08. The van der Waals surface area contributed by atoms with Gasteiger partial charge in [0.05, 0.1) is 25.9 Å². The van der Waals surface area contributed by atoms with E-state index in [-0.39, 0.29) is 11.6 Å². The molecule has 0 bridgehead atoms. The molecule has 1 heterocycles. The smallest absolute Gasteiger partial charge is 0.165 e. The molecule has 0 unspecified atom stereocenters. The molecule has 1 aliphatic heterocycles. The van der Waals surface area contributed by atoms with Gasteiger partial charge in [-0.3, -0.25) is 0 Å². The molecular formula is C14H17FN2O2. The highest BCUT2D eigenvalue weighted by atomic mass is 19.1. The van der Waals surface area contributed by atoms with Crippen molar-refractivity contribution in [3.05, 3.63) is 29.6 Å². The molecule has 1 fully saturated rings. The second-order valence-corrected chi connectivity index (χ2v) is 4.69.